The summed E-state index contributed by atoms with van der Waals surface area (Å²) >= 11 is 6.12. The summed E-state index contributed by atoms with van der Waals surface area (Å²) in [6, 6.07) is 17.0. The highest BCUT2D eigenvalue weighted by Crippen LogP contribution is 2.26. The Hall–Kier alpha value is -3.36. The van der Waals surface area contributed by atoms with Crippen molar-refractivity contribution in [3.05, 3.63) is 88.4 Å². The molecule has 0 aliphatic heterocycles. The van der Waals surface area contributed by atoms with Gasteiger partial charge in [-0.3, -0.25) is 9.10 Å². The molecule has 166 valence electrons. The van der Waals surface area contributed by atoms with Gasteiger partial charge in [-0.1, -0.05) is 29.3 Å². The molecule has 0 saturated heterocycles. The first-order valence-electron chi connectivity index (χ1n) is 9.48. The maximum Gasteiger partial charge on any atom is 0.337 e. The minimum absolute atomic E-state index is 0.174. The maximum absolute atomic E-state index is 12.8. The summed E-state index contributed by atoms with van der Waals surface area (Å²) in [6.07, 6.45) is 0. The molecule has 0 bridgehead atoms. The van der Waals surface area contributed by atoms with Crippen LogP contribution in [0.5, 0.6) is 0 Å². The summed E-state index contributed by atoms with van der Waals surface area (Å²) < 4.78 is 31.5. The zero-order chi connectivity index (χ0) is 23.5. The van der Waals surface area contributed by atoms with Crippen LogP contribution in [0, 0.1) is 6.92 Å². The number of sulfonamides is 1. The third kappa shape index (κ3) is 4.92. The Morgan fingerprint density at radius 1 is 0.938 bits per heavy atom. The molecule has 0 unspecified atom stereocenters. The number of carbonyl (C=O) groups excluding carboxylic acids is 2. The van der Waals surface area contributed by atoms with Gasteiger partial charge in [-0.2, -0.15) is 0 Å². The molecule has 1 N–H and O–H groups in total. The van der Waals surface area contributed by atoms with Crippen LogP contribution >= 0.6 is 11.6 Å². The fourth-order valence-electron chi connectivity index (χ4n) is 2.89. The van der Waals surface area contributed by atoms with Gasteiger partial charge in [0.2, 0.25) is 0 Å². The van der Waals surface area contributed by atoms with E-state index in [0.29, 0.717) is 5.69 Å². The zero-order valence-corrected chi connectivity index (χ0v) is 19.2. The Morgan fingerprint density at radius 3 is 2.12 bits per heavy atom. The number of nitrogens with zero attached hydrogens (tertiary/aromatic N) is 1. The lowest BCUT2D eigenvalue weighted by atomic mass is 10.1. The second-order valence-electron chi connectivity index (χ2n) is 6.97. The van der Waals surface area contributed by atoms with Crippen molar-refractivity contribution in [3.63, 3.8) is 0 Å². The molecule has 1 amide bonds. The largest absolute Gasteiger partial charge is 0.465 e. The standard InChI is InChI=1S/C23H21ClN2O5S/c1-15-4-11-19(12-5-15)32(29,30)26(2)18-9-6-16(7-10-18)22(27)25-21-14-17(23(28)31-3)8-13-20(21)24/h4-14H,1-3H3,(H,25,27). The van der Waals surface area contributed by atoms with E-state index in [4.69, 9.17) is 11.6 Å². The van der Waals surface area contributed by atoms with Crippen molar-refractivity contribution in [3.8, 4) is 0 Å². The number of halogens is 1. The van der Waals surface area contributed by atoms with E-state index in [2.05, 4.69) is 10.1 Å². The number of ether oxygens (including phenoxy) is 1. The molecule has 7 nitrogen and oxygen atoms in total. The molecule has 0 radical (unpaired) electrons. The van der Waals surface area contributed by atoms with Crippen LogP contribution in [-0.2, 0) is 14.8 Å². The van der Waals surface area contributed by atoms with Crippen LogP contribution in [0.25, 0.3) is 0 Å². The number of carbonyl (C=O) groups is 2. The first-order chi connectivity index (χ1) is 15.1. The molecule has 0 aliphatic rings. The topological polar surface area (TPSA) is 92.8 Å². The summed E-state index contributed by atoms with van der Waals surface area (Å²) in [5.41, 5.74) is 2.13. The van der Waals surface area contributed by atoms with Crippen LogP contribution in [0.2, 0.25) is 5.02 Å². The summed E-state index contributed by atoms with van der Waals surface area (Å²) in [4.78, 5) is 24.5. The SMILES string of the molecule is COC(=O)c1ccc(Cl)c(NC(=O)c2ccc(N(C)S(=O)(=O)c3ccc(C)cc3)cc2)c1. The van der Waals surface area contributed by atoms with E-state index >= 15 is 0 Å². The highest BCUT2D eigenvalue weighted by atomic mass is 35.5. The highest BCUT2D eigenvalue weighted by Gasteiger charge is 2.21. The fraction of sp³-hybridized carbons (Fsp3) is 0.130. The Morgan fingerprint density at radius 2 is 1.53 bits per heavy atom. The number of hydrogen-bond acceptors (Lipinski definition) is 5. The van der Waals surface area contributed by atoms with Gasteiger partial charge in [0.1, 0.15) is 0 Å². The number of nitrogens with one attached hydrogen (secondary N) is 1. The lowest BCUT2D eigenvalue weighted by molar-refractivity contribution is 0.0600. The maximum atomic E-state index is 12.8. The van der Waals surface area contributed by atoms with E-state index in [1.54, 1.807) is 24.3 Å². The number of amides is 1. The lowest BCUT2D eigenvalue weighted by Crippen LogP contribution is -2.26. The smallest absolute Gasteiger partial charge is 0.337 e. The molecule has 3 aromatic carbocycles. The van der Waals surface area contributed by atoms with Crippen LogP contribution in [-0.4, -0.2) is 34.5 Å². The number of anilines is 2. The van der Waals surface area contributed by atoms with Gasteiger partial charge in [-0.05, 0) is 61.5 Å². The van der Waals surface area contributed by atoms with E-state index in [1.165, 1.54) is 56.6 Å². The van der Waals surface area contributed by atoms with E-state index in [0.717, 1.165) is 9.87 Å². The Bertz CT molecular complexity index is 1260. The molecule has 0 atom stereocenters. The third-order valence-corrected chi connectivity index (χ3v) is 6.94. The molecule has 0 spiro atoms. The normalized spacial score (nSPS) is 11.0. The number of rotatable bonds is 6. The van der Waals surface area contributed by atoms with Crippen molar-refractivity contribution < 1.29 is 22.7 Å². The third-order valence-electron chi connectivity index (χ3n) is 4.81. The van der Waals surface area contributed by atoms with Crippen molar-refractivity contribution in [2.24, 2.45) is 0 Å². The zero-order valence-electron chi connectivity index (χ0n) is 17.6. The number of esters is 1. The minimum atomic E-state index is -3.74. The Kier molecular flexibility index (Phi) is 6.86. The summed E-state index contributed by atoms with van der Waals surface area (Å²) in [6.45, 7) is 1.88. The molecule has 0 fully saturated rings. The lowest BCUT2D eigenvalue weighted by Gasteiger charge is -2.20. The molecular weight excluding hydrogens is 452 g/mol. The summed E-state index contributed by atoms with van der Waals surface area (Å²) in [5, 5.41) is 2.90. The summed E-state index contributed by atoms with van der Waals surface area (Å²) in [7, 11) is -1.04. The Labute approximate surface area is 191 Å². The molecular formula is C23H21ClN2O5S. The van der Waals surface area contributed by atoms with Crippen molar-refractivity contribution in [1.82, 2.24) is 0 Å². The fourth-order valence-corrected chi connectivity index (χ4v) is 4.25. The average molecular weight is 473 g/mol. The predicted octanol–water partition coefficient (Wildman–Crippen LogP) is 4.51. The first kappa shape index (κ1) is 23.3. The van der Waals surface area contributed by atoms with Gasteiger partial charge in [0.25, 0.3) is 15.9 Å². The van der Waals surface area contributed by atoms with Crippen LogP contribution in [0.1, 0.15) is 26.3 Å². The van der Waals surface area contributed by atoms with E-state index in [-0.39, 0.29) is 26.7 Å². The molecule has 0 heterocycles. The van der Waals surface area contributed by atoms with E-state index in [9.17, 15) is 18.0 Å². The quantitative estimate of drug-likeness (QED) is 0.533. The van der Waals surface area contributed by atoms with Crippen LogP contribution in [0.3, 0.4) is 0 Å². The van der Waals surface area contributed by atoms with Crippen molar-refractivity contribution in [2.75, 3.05) is 23.8 Å². The van der Waals surface area contributed by atoms with Crippen LogP contribution in [0.15, 0.2) is 71.6 Å². The van der Waals surface area contributed by atoms with Gasteiger partial charge < -0.3 is 10.1 Å². The van der Waals surface area contributed by atoms with Gasteiger partial charge >= 0.3 is 5.97 Å². The van der Waals surface area contributed by atoms with E-state index < -0.39 is 21.9 Å². The van der Waals surface area contributed by atoms with E-state index in [1.807, 2.05) is 6.92 Å². The average Bonchev–Trinajstić information content (AvgIpc) is 2.79. The molecule has 0 aliphatic carbocycles. The predicted molar refractivity (Wildman–Crippen MR) is 124 cm³/mol. The van der Waals surface area contributed by atoms with Crippen LogP contribution in [0.4, 0.5) is 11.4 Å². The second kappa shape index (κ2) is 9.42. The summed E-state index contributed by atoms with van der Waals surface area (Å²) in [5.74, 6) is -1.02. The number of methoxy groups -OCH3 is 1. The first-order valence-corrected chi connectivity index (χ1v) is 11.3. The van der Waals surface area contributed by atoms with Gasteiger partial charge in [-0.15, -0.1) is 0 Å². The molecule has 32 heavy (non-hydrogen) atoms. The molecule has 0 saturated carbocycles. The number of benzene rings is 3. The number of hydrogen-bond donors (Lipinski definition) is 1. The second-order valence-corrected chi connectivity index (χ2v) is 9.35. The molecule has 9 heteroatoms. The van der Waals surface area contributed by atoms with Gasteiger partial charge in [0.05, 0.1) is 34.0 Å². The highest BCUT2D eigenvalue weighted by molar-refractivity contribution is 7.92. The molecule has 0 aromatic heterocycles. The van der Waals surface area contributed by atoms with Crippen molar-refractivity contribution in [2.45, 2.75) is 11.8 Å². The molecule has 3 aromatic rings. The monoisotopic (exact) mass is 472 g/mol. The Balaban J connectivity index is 1.79. The van der Waals surface area contributed by atoms with Gasteiger partial charge in [-0.25, -0.2) is 13.2 Å². The molecule has 3 rings (SSSR count). The van der Waals surface area contributed by atoms with Crippen LogP contribution < -0.4 is 9.62 Å². The minimum Gasteiger partial charge on any atom is -0.465 e. The van der Waals surface area contributed by atoms with Gasteiger partial charge in [0, 0.05) is 12.6 Å². The van der Waals surface area contributed by atoms with Crippen molar-refractivity contribution in [1.29, 1.82) is 0 Å². The van der Waals surface area contributed by atoms with Gasteiger partial charge in [0.15, 0.2) is 0 Å². The van der Waals surface area contributed by atoms with Crippen molar-refractivity contribution >= 4 is 44.9 Å². The number of aryl methyl sites for hydroxylation is 1.